The fourth-order valence-corrected chi connectivity index (χ4v) is 2.01. The summed E-state index contributed by atoms with van der Waals surface area (Å²) in [5, 5.41) is 19.6. The Balaban J connectivity index is 2.23. The van der Waals surface area contributed by atoms with Gasteiger partial charge in [0.1, 0.15) is 0 Å². The SMILES string of the molecule is Cc1cccc(NC(=O)C(=CO)C=C(C=N)c2ccncc2)c1. The van der Waals surface area contributed by atoms with Crippen molar-refractivity contribution in [1.82, 2.24) is 4.98 Å². The van der Waals surface area contributed by atoms with Gasteiger partial charge in [0.05, 0.1) is 11.8 Å². The molecule has 2 aromatic rings. The van der Waals surface area contributed by atoms with Gasteiger partial charge in [-0.1, -0.05) is 12.1 Å². The van der Waals surface area contributed by atoms with Crippen LogP contribution in [0.1, 0.15) is 11.1 Å². The van der Waals surface area contributed by atoms with Crippen LogP contribution >= 0.6 is 0 Å². The summed E-state index contributed by atoms with van der Waals surface area (Å²) < 4.78 is 0. The predicted molar refractivity (Wildman–Crippen MR) is 91.5 cm³/mol. The number of aliphatic hydroxyl groups is 1. The van der Waals surface area contributed by atoms with Gasteiger partial charge in [-0.15, -0.1) is 0 Å². The highest BCUT2D eigenvalue weighted by Crippen LogP contribution is 2.16. The first kappa shape index (κ1) is 16.2. The Bertz CT molecular complexity index is 765. The molecule has 116 valence electrons. The molecule has 0 saturated heterocycles. The third kappa shape index (κ3) is 4.38. The van der Waals surface area contributed by atoms with E-state index in [2.05, 4.69) is 10.3 Å². The zero-order valence-corrected chi connectivity index (χ0v) is 12.7. The summed E-state index contributed by atoms with van der Waals surface area (Å²) in [6.45, 7) is 1.93. The molecular formula is C18H17N3O2. The van der Waals surface area contributed by atoms with E-state index in [1.807, 2.05) is 25.1 Å². The van der Waals surface area contributed by atoms with Gasteiger partial charge in [0.25, 0.3) is 5.91 Å². The van der Waals surface area contributed by atoms with E-state index in [9.17, 15) is 9.90 Å². The second-order valence-corrected chi connectivity index (χ2v) is 4.89. The summed E-state index contributed by atoms with van der Waals surface area (Å²) in [6, 6.07) is 10.8. The first-order valence-electron chi connectivity index (χ1n) is 6.99. The second kappa shape index (κ2) is 7.70. The average molecular weight is 307 g/mol. The van der Waals surface area contributed by atoms with Gasteiger partial charge in [-0.3, -0.25) is 9.78 Å². The van der Waals surface area contributed by atoms with E-state index in [1.54, 1.807) is 30.6 Å². The fourth-order valence-electron chi connectivity index (χ4n) is 2.01. The molecule has 0 bridgehead atoms. The van der Waals surface area contributed by atoms with E-state index in [4.69, 9.17) is 5.41 Å². The number of hydrogen-bond donors (Lipinski definition) is 3. The molecule has 3 N–H and O–H groups in total. The third-order valence-electron chi connectivity index (χ3n) is 3.16. The average Bonchev–Trinajstić information content (AvgIpc) is 2.56. The topological polar surface area (TPSA) is 86.1 Å². The molecule has 0 aliphatic carbocycles. The number of anilines is 1. The molecule has 5 heteroatoms. The Hall–Kier alpha value is -3.21. The lowest BCUT2D eigenvalue weighted by Gasteiger charge is -2.07. The number of nitrogens with zero attached hydrogens (tertiary/aromatic N) is 1. The number of carbonyl (C=O) groups is 1. The van der Waals surface area contributed by atoms with E-state index in [-0.39, 0.29) is 5.57 Å². The number of allylic oxidation sites excluding steroid dienone is 1. The molecule has 1 heterocycles. The lowest BCUT2D eigenvalue weighted by Crippen LogP contribution is -2.13. The number of rotatable bonds is 5. The largest absolute Gasteiger partial charge is 0.515 e. The van der Waals surface area contributed by atoms with Gasteiger partial charge in [-0.05, 0) is 48.4 Å². The molecule has 0 radical (unpaired) electrons. The van der Waals surface area contributed by atoms with E-state index in [0.717, 1.165) is 23.6 Å². The van der Waals surface area contributed by atoms with Gasteiger partial charge in [0.2, 0.25) is 0 Å². The van der Waals surface area contributed by atoms with E-state index in [0.29, 0.717) is 11.3 Å². The van der Waals surface area contributed by atoms with Crippen LogP contribution in [0.4, 0.5) is 5.69 Å². The van der Waals surface area contributed by atoms with Crippen molar-refractivity contribution in [3.63, 3.8) is 0 Å². The fraction of sp³-hybridized carbons (Fsp3) is 0.0556. The summed E-state index contributed by atoms with van der Waals surface area (Å²) in [5.74, 6) is -0.452. The maximum Gasteiger partial charge on any atom is 0.258 e. The van der Waals surface area contributed by atoms with Crippen LogP contribution in [-0.2, 0) is 4.79 Å². The van der Waals surface area contributed by atoms with Crippen molar-refractivity contribution >= 4 is 23.4 Å². The quantitative estimate of drug-likeness (QED) is 0.342. The molecule has 0 atom stereocenters. The number of aliphatic hydroxyl groups excluding tert-OH is 1. The third-order valence-corrected chi connectivity index (χ3v) is 3.16. The van der Waals surface area contributed by atoms with Crippen molar-refractivity contribution in [2.45, 2.75) is 6.92 Å². The van der Waals surface area contributed by atoms with Gasteiger partial charge in [-0.25, -0.2) is 0 Å². The Morgan fingerprint density at radius 3 is 2.61 bits per heavy atom. The molecule has 0 spiro atoms. The lowest BCUT2D eigenvalue weighted by molar-refractivity contribution is -0.112. The number of aromatic nitrogens is 1. The van der Waals surface area contributed by atoms with Crippen molar-refractivity contribution < 1.29 is 9.90 Å². The minimum Gasteiger partial charge on any atom is -0.515 e. The monoisotopic (exact) mass is 307 g/mol. The number of benzene rings is 1. The first-order valence-corrected chi connectivity index (χ1v) is 6.99. The molecule has 0 fully saturated rings. The summed E-state index contributed by atoms with van der Waals surface area (Å²) in [7, 11) is 0. The van der Waals surface area contributed by atoms with Gasteiger partial charge in [-0.2, -0.15) is 0 Å². The molecule has 0 saturated carbocycles. The molecule has 0 unspecified atom stereocenters. The van der Waals surface area contributed by atoms with E-state index < -0.39 is 5.91 Å². The highest BCUT2D eigenvalue weighted by atomic mass is 16.2. The number of carbonyl (C=O) groups excluding carboxylic acids is 1. The summed E-state index contributed by atoms with van der Waals surface area (Å²) in [5.41, 5.74) is 2.94. The van der Waals surface area contributed by atoms with Crippen LogP contribution in [0.5, 0.6) is 0 Å². The highest BCUT2D eigenvalue weighted by Gasteiger charge is 2.10. The normalized spacial score (nSPS) is 11.9. The summed E-state index contributed by atoms with van der Waals surface area (Å²) in [6.07, 6.45) is 6.51. The Morgan fingerprint density at radius 2 is 2.00 bits per heavy atom. The molecule has 23 heavy (non-hydrogen) atoms. The predicted octanol–water partition coefficient (Wildman–Crippen LogP) is 3.50. The molecule has 1 aromatic carbocycles. The van der Waals surface area contributed by atoms with Gasteiger partial charge >= 0.3 is 0 Å². The molecule has 1 aromatic heterocycles. The second-order valence-electron chi connectivity index (χ2n) is 4.89. The zero-order valence-electron chi connectivity index (χ0n) is 12.7. The van der Waals surface area contributed by atoms with Crippen molar-refractivity contribution in [3.05, 3.63) is 77.8 Å². The number of hydrogen-bond acceptors (Lipinski definition) is 4. The molecule has 1 amide bonds. The van der Waals surface area contributed by atoms with Crippen LogP contribution in [0.15, 0.2) is 66.7 Å². The molecule has 0 aliphatic heterocycles. The van der Waals surface area contributed by atoms with Crippen molar-refractivity contribution in [1.29, 1.82) is 5.41 Å². The standard InChI is InChI=1S/C18H17N3O2/c1-13-3-2-4-17(9-13)21-18(23)16(12-22)10-15(11-19)14-5-7-20-8-6-14/h2-12,19,22H,1H3,(H,21,23). The number of pyridine rings is 1. The molecule has 5 nitrogen and oxygen atoms in total. The first-order chi connectivity index (χ1) is 11.1. The van der Waals surface area contributed by atoms with Crippen LogP contribution < -0.4 is 5.32 Å². The van der Waals surface area contributed by atoms with Crippen molar-refractivity contribution in [2.75, 3.05) is 5.32 Å². The minimum absolute atomic E-state index is 0.0572. The Labute approximate surface area is 134 Å². The van der Waals surface area contributed by atoms with E-state index in [1.165, 1.54) is 6.08 Å². The maximum absolute atomic E-state index is 12.3. The minimum atomic E-state index is -0.452. The molecule has 2 rings (SSSR count). The molecule has 0 aliphatic rings. The molecular weight excluding hydrogens is 290 g/mol. The van der Waals surface area contributed by atoms with Gasteiger partial charge < -0.3 is 15.8 Å². The van der Waals surface area contributed by atoms with Crippen LogP contribution in [0.25, 0.3) is 5.57 Å². The Morgan fingerprint density at radius 1 is 1.26 bits per heavy atom. The van der Waals surface area contributed by atoms with Crippen molar-refractivity contribution in [3.8, 4) is 0 Å². The van der Waals surface area contributed by atoms with Crippen LogP contribution in [0, 0.1) is 12.3 Å². The van der Waals surface area contributed by atoms with Crippen molar-refractivity contribution in [2.24, 2.45) is 0 Å². The smallest absolute Gasteiger partial charge is 0.258 e. The number of amides is 1. The summed E-state index contributed by atoms with van der Waals surface area (Å²) >= 11 is 0. The van der Waals surface area contributed by atoms with Gasteiger partial charge in [0.15, 0.2) is 0 Å². The lowest BCUT2D eigenvalue weighted by atomic mass is 10.1. The zero-order chi connectivity index (χ0) is 16.7. The van der Waals surface area contributed by atoms with Crippen LogP contribution in [0.3, 0.4) is 0 Å². The number of aryl methyl sites for hydroxylation is 1. The Kier molecular flexibility index (Phi) is 5.41. The van der Waals surface area contributed by atoms with Crippen LogP contribution in [-0.4, -0.2) is 22.2 Å². The van der Waals surface area contributed by atoms with Gasteiger partial charge in [0, 0.05) is 29.9 Å². The summed E-state index contributed by atoms with van der Waals surface area (Å²) in [4.78, 5) is 16.2. The maximum atomic E-state index is 12.3. The van der Waals surface area contributed by atoms with E-state index >= 15 is 0 Å². The number of nitrogens with one attached hydrogen (secondary N) is 2. The van der Waals surface area contributed by atoms with Crippen LogP contribution in [0.2, 0.25) is 0 Å². The highest BCUT2D eigenvalue weighted by molar-refractivity contribution is 6.14.